The summed E-state index contributed by atoms with van der Waals surface area (Å²) in [6.45, 7) is 1.90. The van der Waals surface area contributed by atoms with Gasteiger partial charge in [0.2, 0.25) is 0 Å². The maximum absolute atomic E-state index is 9.27. The molecule has 0 aliphatic heterocycles. The van der Waals surface area contributed by atoms with Gasteiger partial charge in [-0.05, 0) is 32.1 Å². The highest BCUT2D eigenvalue weighted by molar-refractivity contribution is 5.32. The van der Waals surface area contributed by atoms with Gasteiger partial charge in [-0.2, -0.15) is 0 Å². The molecule has 0 fully saturated rings. The standard InChI is InChI=1S/C21H37NO2/c1-2-3-4-5-6-7-8-10-19-11-9-12-20(14-13-19)15-16-21(22,17-23)18-24/h11-14,23-24H,2-10,15-18,22H2,1H3. The maximum Gasteiger partial charge on any atom is 0.0633 e. The van der Waals surface area contributed by atoms with Crippen molar-refractivity contribution < 1.29 is 10.2 Å². The van der Waals surface area contributed by atoms with Crippen LogP contribution in [0.2, 0.25) is 0 Å². The van der Waals surface area contributed by atoms with Crippen molar-refractivity contribution in [3.05, 3.63) is 35.5 Å². The molecule has 138 valence electrons. The summed E-state index contributed by atoms with van der Waals surface area (Å²) in [7, 11) is 0. The van der Waals surface area contributed by atoms with Crippen LogP contribution in [-0.4, -0.2) is 29.0 Å². The molecule has 0 saturated carbocycles. The summed E-state index contributed by atoms with van der Waals surface area (Å²) >= 11 is 0. The zero-order valence-corrected chi connectivity index (χ0v) is 15.5. The number of aliphatic hydroxyl groups is 2. The summed E-state index contributed by atoms with van der Waals surface area (Å²) in [5, 5.41) is 18.5. The molecular weight excluding hydrogens is 298 g/mol. The minimum absolute atomic E-state index is 0.178. The molecule has 24 heavy (non-hydrogen) atoms. The highest BCUT2D eigenvalue weighted by Crippen LogP contribution is 2.21. The quantitative estimate of drug-likeness (QED) is 0.437. The van der Waals surface area contributed by atoms with Crippen molar-refractivity contribution in [2.75, 3.05) is 13.2 Å². The third-order valence-corrected chi connectivity index (χ3v) is 4.88. The third kappa shape index (κ3) is 8.81. The van der Waals surface area contributed by atoms with E-state index in [1.165, 1.54) is 62.5 Å². The van der Waals surface area contributed by atoms with E-state index in [1.807, 2.05) is 0 Å². The van der Waals surface area contributed by atoms with Gasteiger partial charge in [0, 0.05) is 0 Å². The summed E-state index contributed by atoms with van der Waals surface area (Å²) < 4.78 is 0. The smallest absolute Gasteiger partial charge is 0.0633 e. The molecule has 0 bridgehead atoms. The first-order valence-corrected chi connectivity index (χ1v) is 9.70. The van der Waals surface area contributed by atoms with Gasteiger partial charge in [0.15, 0.2) is 0 Å². The minimum Gasteiger partial charge on any atom is -0.394 e. The van der Waals surface area contributed by atoms with Crippen LogP contribution in [0.5, 0.6) is 0 Å². The second-order valence-electron chi connectivity index (χ2n) is 7.18. The van der Waals surface area contributed by atoms with Gasteiger partial charge in [-0.3, -0.25) is 0 Å². The van der Waals surface area contributed by atoms with E-state index < -0.39 is 5.54 Å². The van der Waals surface area contributed by atoms with Crippen LogP contribution < -0.4 is 5.73 Å². The van der Waals surface area contributed by atoms with Gasteiger partial charge in [0.05, 0.1) is 18.8 Å². The molecule has 0 aromatic heterocycles. The summed E-state index contributed by atoms with van der Waals surface area (Å²) in [5.74, 6) is 0. The second-order valence-corrected chi connectivity index (χ2v) is 7.18. The van der Waals surface area contributed by atoms with Crippen LogP contribution >= 0.6 is 0 Å². The number of unbranched alkanes of at least 4 members (excludes halogenated alkanes) is 6. The summed E-state index contributed by atoms with van der Waals surface area (Å²) in [4.78, 5) is 0. The molecule has 0 amide bonds. The van der Waals surface area contributed by atoms with E-state index in [0.717, 1.165) is 12.8 Å². The van der Waals surface area contributed by atoms with Gasteiger partial charge in [-0.25, -0.2) is 0 Å². The Labute approximate surface area is 148 Å². The number of allylic oxidation sites excluding steroid dienone is 6. The summed E-state index contributed by atoms with van der Waals surface area (Å²) in [5.41, 5.74) is 7.75. The van der Waals surface area contributed by atoms with Crippen LogP contribution in [0.4, 0.5) is 0 Å². The number of rotatable bonds is 13. The molecule has 0 radical (unpaired) electrons. The number of hydrogen-bond acceptors (Lipinski definition) is 3. The average Bonchev–Trinajstić information content (AvgIpc) is 2.84. The highest BCUT2D eigenvalue weighted by atomic mass is 16.3. The van der Waals surface area contributed by atoms with E-state index >= 15 is 0 Å². The fourth-order valence-corrected chi connectivity index (χ4v) is 2.97. The van der Waals surface area contributed by atoms with Crippen molar-refractivity contribution in [2.45, 2.75) is 83.1 Å². The maximum atomic E-state index is 9.27. The van der Waals surface area contributed by atoms with Crippen LogP contribution in [0.1, 0.15) is 77.6 Å². The molecule has 3 heteroatoms. The molecular formula is C21H37NO2. The molecule has 0 aromatic rings. The van der Waals surface area contributed by atoms with E-state index in [4.69, 9.17) is 5.73 Å². The molecule has 0 aromatic carbocycles. The fourth-order valence-electron chi connectivity index (χ4n) is 2.97. The molecule has 0 heterocycles. The summed E-state index contributed by atoms with van der Waals surface area (Å²) in [6, 6.07) is 0. The number of aliphatic hydroxyl groups excluding tert-OH is 2. The molecule has 0 spiro atoms. The highest BCUT2D eigenvalue weighted by Gasteiger charge is 2.22. The molecule has 0 saturated heterocycles. The van der Waals surface area contributed by atoms with E-state index in [1.54, 1.807) is 0 Å². The zero-order valence-electron chi connectivity index (χ0n) is 15.5. The molecule has 1 aliphatic carbocycles. The Morgan fingerprint density at radius 3 is 2.00 bits per heavy atom. The van der Waals surface area contributed by atoms with Crippen LogP contribution in [0.15, 0.2) is 35.5 Å². The van der Waals surface area contributed by atoms with Gasteiger partial charge in [-0.15, -0.1) is 0 Å². The Morgan fingerprint density at radius 2 is 1.42 bits per heavy atom. The predicted octanol–water partition coefficient (Wildman–Crippen LogP) is 4.40. The van der Waals surface area contributed by atoms with Gasteiger partial charge in [0.25, 0.3) is 0 Å². The Balaban J connectivity index is 2.25. The van der Waals surface area contributed by atoms with Crippen LogP contribution in [0.3, 0.4) is 0 Å². The average molecular weight is 336 g/mol. The lowest BCUT2D eigenvalue weighted by Gasteiger charge is -2.24. The molecule has 4 N–H and O–H groups in total. The Hall–Kier alpha value is -0.900. The van der Waals surface area contributed by atoms with Crippen LogP contribution in [-0.2, 0) is 0 Å². The van der Waals surface area contributed by atoms with Crippen molar-refractivity contribution in [2.24, 2.45) is 5.73 Å². The van der Waals surface area contributed by atoms with Gasteiger partial charge in [-0.1, -0.05) is 80.9 Å². The monoisotopic (exact) mass is 335 g/mol. The molecule has 0 atom stereocenters. The van der Waals surface area contributed by atoms with Crippen molar-refractivity contribution in [1.29, 1.82) is 0 Å². The van der Waals surface area contributed by atoms with E-state index in [9.17, 15) is 10.2 Å². The van der Waals surface area contributed by atoms with Crippen LogP contribution in [0.25, 0.3) is 0 Å². The van der Waals surface area contributed by atoms with E-state index in [-0.39, 0.29) is 13.2 Å². The van der Waals surface area contributed by atoms with Gasteiger partial charge >= 0.3 is 0 Å². The lowest BCUT2D eigenvalue weighted by Crippen LogP contribution is -2.47. The minimum atomic E-state index is -0.866. The zero-order chi connectivity index (χ0) is 17.7. The first-order valence-electron chi connectivity index (χ1n) is 9.70. The molecule has 1 rings (SSSR count). The SMILES string of the molecule is CCCCCCCCCC1=CCC=C(CCC(N)(CO)CO)C=C1. The molecule has 3 nitrogen and oxygen atoms in total. The van der Waals surface area contributed by atoms with Crippen molar-refractivity contribution in [1.82, 2.24) is 0 Å². The van der Waals surface area contributed by atoms with Crippen molar-refractivity contribution in [3.8, 4) is 0 Å². The lowest BCUT2D eigenvalue weighted by molar-refractivity contribution is 0.115. The Kier molecular flexibility index (Phi) is 11.0. The molecule has 1 aliphatic rings. The van der Waals surface area contributed by atoms with Crippen LogP contribution in [0, 0.1) is 0 Å². The second kappa shape index (κ2) is 12.5. The van der Waals surface area contributed by atoms with Gasteiger partial charge in [0.1, 0.15) is 0 Å². The molecule has 0 unspecified atom stereocenters. The third-order valence-electron chi connectivity index (χ3n) is 4.88. The lowest BCUT2D eigenvalue weighted by atomic mass is 9.93. The Bertz CT molecular complexity index is 420. The first kappa shape index (κ1) is 21.1. The van der Waals surface area contributed by atoms with Crippen molar-refractivity contribution in [3.63, 3.8) is 0 Å². The normalized spacial score (nSPS) is 15.2. The van der Waals surface area contributed by atoms with E-state index in [2.05, 4.69) is 31.2 Å². The largest absolute Gasteiger partial charge is 0.394 e. The predicted molar refractivity (Wildman–Crippen MR) is 103 cm³/mol. The van der Waals surface area contributed by atoms with Crippen molar-refractivity contribution >= 4 is 0 Å². The summed E-state index contributed by atoms with van der Waals surface area (Å²) in [6.07, 6.45) is 21.9. The topological polar surface area (TPSA) is 66.5 Å². The fraction of sp³-hybridized carbons (Fsp3) is 0.714. The van der Waals surface area contributed by atoms with Gasteiger partial charge < -0.3 is 15.9 Å². The number of nitrogens with two attached hydrogens (primary N) is 1. The number of hydrogen-bond donors (Lipinski definition) is 3. The first-order chi connectivity index (χ1) is 11.6. The Morgan fingerprint density at radius 1 is 0.875 bits per heavy atom. The van der Waals surface area contributed by atoms with E-state index in [0.29, 0.717) is 6.42 Å².